The number of nitro groups is 1. The summed E-state index contributed by atoms with van der Waals surface area (Å²) in [5, 5.41) is 14.5. The molecular formula is C14H20FN3O2. The fourth-order valence-electron chi connectivity index (χ4n) is 2.65. The highest BCUT2D eigenvalue weighted by Gasteiger charge is 2.22. The van der Waals surface area contributed by atoms with Crippen molar-refractivity contribution < 1.29 is 9.31 Å². The van der Waals surface area contributed by atoms with Crippen LogP contribution in [0.15, 0.2) is 18.2 Å². The fraction of sp³-hybridized carbons (Fsp3) is 0.571. The third kappa shape index (κ3) is 3.45. The van der Waals surface area contributed by atoms with Crippen LogP contribution in [0, 0.1) is 15.9 Å². The highest BCUT2D eigenvalue weighted by atomic mass is 19.1. The van der Waals surface area contributed by atoms with Crippen molar-refractivity contribution in [3.05, 3.63) is 34.1 Å². The Morgan fingerprint density at radius 1 is 1.50 bits per heavy atom. The predicted molar refractivity (Wildman–Crippen MR) is 76.6 cm³/mol. The minimum absolute atomic E-state index is 0.0379. The summed E-state index contributed by atoms with van der Waals surface area (Å²) in [6, 6.07) is 3.94. The van der Waals surface area contributed by atoms with E-state index in [1.54, 1.807) is 0 Å². The quantitative estimate of drug-likeness (QED) is 0.666. The summed E-state index contributed by atoms with van der Waals surface area (Å²) in [6.07, 6.45) is 3.39. The van der Waals surface area contributed by atoms with Gasteiger partial charge in [-0.1, -0.05) is 6.42 Å². The molecular weight excluding hydrogens is 261 g/mol. The second-order valence-electron chi connectivity index (χ2n) is 5.08. The highest BCUT2D eigenvalue weighted by molar-refractivity contribution is 5.63. The molecule has 6 heteroatoms. The molecule has 0 amide bonds. The summed E-state index contributed by atoms with van der Waals surface area (Å²) in [5.41, 5.74) is 0.328. The van der Waals surface area contributed by atoms with Crippen LogP contribution in [0.1, 0.15) is 26.2 Å². The Bertz CT molecular complexity index is 475. The normalized spacial score (nSPS) is 18.8. The minimum Gasteiger partial charge on any atom is -0.365 e. The van der Waals surface area contributed by atoms with E-state index in [-0.39, 0.29) is 5.69 Å². The molecule has 1 aliphatic rings. The number of nitro benzene ring substituents is 1. The molecule has 20 heavy (non-hydrogen) atoms. The molecule has 1 heterocycles. The summed E-state index contributed by atoms with van der Waals surface area (Å²) in [7, 11) is 0. The van der Waals surface area contributed by atoms with Crippen molar-refractivity contribution >= 4 is 11.4 Å². The van der Waals surface area contributed by atoms with Gasteiger partial charge in [-0.05, 0) is 32.4 Å². The van der Waals surface area contributed by atoms with Gasteiger partial charge in [0.15, 0.2) is 0 Å². The predicted octanol–water partition coefficient (Wildman–Crippen LogP) is 2.70. The Morgan fingerprint density at radius 3 is 2.90 bits per heavy atom. The number of piperidine rings is 1. The summed E-state index contributed by atoms with van der Waals surface area (Å²) in [4.78, 5) is 12.5. The first kappa shape index (κ1) is 14.7. The van der Waals surface area contributed by atoms with Gasteiger partial charge in [0.25, 0.3) is 5.69 Å². The van der Waals surface area contributed by atoms with Gasteiger partial charge in [0.2, 0.25) is 0 Å². The summed E-state index contributed by atoms with van der Waals surface area (Å²) in [6.45, 7) is 4.19. The maximum Gasteiger partial charge on any atom is 0.292 e. The monoisotopic (exact) mass is 281 g/mol. The molecule has 0 aromatic heterocycles. The minimum atomic E-state index is -0.453. The van der Waals surface area contributed by atoms with E-state index in [1.165, 1.54) is 25.0 Å². The van der Waals surface area contributed by atoms with E-state index >= 15 is 0 Å². The molecule has 110 valence electrons. The lowest BCUT2D eigenvalue weighted by Gasteiger charge is -2.31. The van der Waals surface area contributed by atoms with E-state index in [0.717, 1.165) is 19.0 Å². The van der Waals surface area contributed by atoms with Gasteiger partial charge in [0.1, 0.15) is 11.5 Å². The summed E-state index contributed by atoms with van der Waals surface area (Å²) < 4.78 is 13.4. The molecule has 1 aliphatic heterocycles. The van der Waals surface area contributed by atoms with Crippen molar-refractivity contribution in [2.45, 2.75) is 32.2 Å². The maximum atomic E-state index is 13.4. The van der Waals surface area contributed by atoms with Crippen LogP contribution in [0.4, 0.5) is 15.8 Å². The van der Waals surface area contributed by atoms with Gasteiger partial charge in [-0.15, -0.1) is 0 Å². The second kappa shape index (κ2) is 6.65. The second-order valence-corrected chi connectivity index (χ2v) is 5.08. The lowest BCUT2D eigenvalue weighted by Crippen LogP contribution is -2.43. The molecule has 1 fully saturated rings. The van der Waals surface area contributed by atoms with Gasteiger partial charge in [-0.2, -0.15) is 0 Å². The molecule has 1 aromatic carbocycles. The molecule has 1 atom stereocenters. The number of nitrogens with zero attached hydrogens (tertiary/aromatic N) is 2. The van der Waals surface area contributed by atoms with Gasteiger partial charge in [-0.25, -0.2) is 4.39 Å². The number of hydrogen-bond acceptors (Lipinski definition) is 4. The van der Waals surface area contributed by atoms with E-state index in [4.69, 9.17) is 0 Å². The number of nitrogens with one attached hydrogen (secondary N) is 1. The smallest absolute Gasteiger partial charge is 0.292 e. The van der Waals surface area contributed by atoms with Gasteiger partial charge in [-0.3, -0.25) is 10.1 Å². The number of benzene rings is 1. The van der Waals surface area contributed by atoms with E-state index in [1.807, 2.05) is 11.8 Å². The lowest BCUT2D eigenvalue weighted by atomic mass is 10.0. The van der Waals surface area contributed by atoms with Crippen LogP contribution in [-0.4, -0.2) is 30.6 Å². The summed E-state index contributed by atoms with van der Waals surface area (Å²) in [5.74, 6) is -0.444. The van der Waals surface area contributed by atoms with Crippen LogP contribution in [0.25, 0.3) is 0 Å². The Kier molecular flexibility index (Phi) is 4.89. The Labute approximate surface area is 117 Å². The zero-order valence-corrected chi connectivity index (χ0v) is 11.6. The van der Waals surface area contributed by atoms with Crippen molar-refractivity contribution in [1.82, 2.24) is 5.32 Å². The van der Waals surface area contributed by atoms with Gasteiger partial charge in [0.05, 0.1) is 4.92 Å². The van der Waals surface area contributed by atoms with Crippen LogP contribution in [0.3, 0.4) is 0 Å². The Balaban J connectivity index is 2.21. The molecule has 0 aliphatic carbocycles. The van der Waals surface area contributed by atoms with Crippen molar-refractivity contribution in [3.63, 3.8) is 0 Å². The largest absolute Gasteiger partial charge is 0.365 e. The van der Waals surface area contributed by atoms with Gasteiger partial charge in [0, 0.05) is 31.3 Å². The average Bonchev–Trinajstić information content (AvgIpc) is 2.45. The first-order valence-corrected chi connectivity index (χ1v) is 7.04. The number of anilines is 1. The van der Waals surface area contributed by atoms with Crippen LogP contribution in [-0.2, 0) is 0 Å². The highest BCUT2D eigenvalue weighted by Crippen LogP contribution is 2.29. The Hall–Kier alpha value is -1.69. The molecule has 0 radical (unpaired) electrons. The zero-order chi connectivity index (χ0) is 14.5. The van der Waals surface area contributed by atoms with E-state index < -0.39 is 10.7 Å². The molecule has 0 bridgehead atoms. The van der Waals surface area contributed by atoms with Crippen LogP contribution >= 0.6 is 0 Å². The topological polar surface area (TPSA) is 58.4 Å². The third-order valence-corrected chi connectivity index (χ3v) is 3.71. The average molecular weight is 281 g/mol. The lowest BCUT2D eigenvalue weighted by molar-refractivity contribution is -0.384. The molecule has 1 N–H and O–H groups in total. The molecule has 1 saturated heterocycles. The van der Waals surface area contributed by atoms with E-state index in [2.05, 4.69) is 5.32 Å². The number of halogens is 1. The molecule has 5 nitrogen and oxygen atoms in total. The van der Waals surface area contributed by atoms with Gasteiger partial charge < -0.3 is 10.2 Å². The summed E-state index contributed by atoms with van der Waals surface area (Å²) >= 11 is 0. The molecule has 1 unspecified atom stereocenters. The standard InChI is InChI=1S/C14H20FN3O2/c1-2-17(10-12-5-3-4-8-16-12)14-9-11(15)6-7-13(14)18(19)20/h6-7,9,12,16H,2-5,8,10H2,1H3. The first-order valence-electron chi connectivity index (χ1n) is 7.04. The fourth-order valence-corrected chi connectivity index (χ4v) is 2.65. The zero-order valence-electron chi connectivity index (χ0n) is 11.6. The van der Waals surface area contributed by atoms with Crippen molar-refractivity contribution in [1.29, 1.82) is 0 Å². The molecule has 2 rings (SSSR count). The molecule has 0 saturated carbocycles. The van der Waals surface area contributed by atoms with Crippen LogP contribution in [0.2, 0.25) is 0 Å². The van der Waals surface area contributed by atoms with Crippen LogP contribution < -0.4 is 10.2 Å². The van der Waals surface area contributed by atoms with Crippen molar-refractivity contribution in [3.8, 4) is 0 Å². The number of likely N-dealkylation sites (N-methyl/N-ethyl adjacent to an activating group) is 1. The Morgan fingerprint density at radius 2 is 2.30 bits per heavy atom. The first-order chi connectivity index (χ1) is 9.61. The van der Waals surface area contributed by atoms with Crippen molar-refractivity contribution in [2.75, 3.05) is 24.5 Å². The van der Waals surface area contributed by atoms with Crippen molar-refractivity contribution in [2.24, 2.45) is 0 Å². The van der Waals surface area contributed by atoms with Crippen LogP contribution in [0.5, 0.6) is 0 Å². The van der Waals surface area contributed by atoms with E-state index in [0.29, 0.717) is 24.8 Å². The number of hydrogen-bond donors (Lipinski definition) is 1. The third-order valence-electron chi connectivity index (χ3n) is 3.71. The SMILES string of the molecule is CCN(CC1CCCCN1)c1cc(F)ccc1[N+](=O)[O-]. The molecule has 0 spiro atoms. The maximum absolute atomic E-state index is 13.4. The van der Waals surface area contributed by atoms with Gasteiger partial charge >= 0.3 is 0 Å². The molecule has 1 aromatic rings. The van der Waals surface area contributed by atoms with E-state index in [9.17, 15) is 14.5 Å². The number of rotatable bonds is 5.